The standard InChI is InChI=1S/C13H17NO3/c1-5-14-13(15)9(2)10-6-7-11(16-3)12(8-10)17-4/h6-8H,2,5H2,1,3-4H3,(H,14,15). The molecular weight excluding hydrogens is 218 g/mol. The molecule has 0 aliphatic carbocycles. The van der Waals surface area contributed by atoms with Gasteiger partial charge in [-0.1, -0.05) is 12.6 Å². The molecule has 0 atom stereocenters. The summed E-state index contributed by atoms with van der Waals surface area (Å²) in [5, 5.41) is 2.70. The summed E-state index contributed by atoms with van der Waals surface area (Å²) in [7, 11) is 3.12. The lowest BCUT2D eigenvalue weighted by Gasteiger charge is -2.11. The van der Waals surface area contributed by atoms with Crippen LogP contribution >= 0.6 is 0 Å². The lowest BCUT2D eigenvalue weighted by atomic mass is 10.1. The summed E-state index contributed by atoms with van der Waals surface area (Å²) in [6.07, 6.45) is 0. The Bertz CT molecular complexity index is 427. The maximum atomic E-state index is 11.6. The van der Waals surface area contributed by atoms with Crippen LogP contribution in [0.25, 0.3) is 5.57 Å². The van der Waals surface area contributed by atoms with Crippen LogP contribution in [0.5, 0.6) is 11.5 Å². The summed E-state index contributed by atoms with van der Waals surface area (Å²) < 4.78 is 10.3. The van der Waals surface area contributed by atoms with Crippen molar-refractivity contribution in [3.63, 3.8) is 0 Å². The fraction of sp³-hybridized carbons (Fsp3) is 0.308. The number of ether oxygens (including phenoxy) is 2. The van der Waals surface area contributed by atoms with E-state index in [1.54, 1.807) is 32.4 Å². The third-order valence-electron chi connectivity index (χ3n) is 2.34. The van der Waals surface area contributed by atoms with Crippen LogP contribution in [0.1, 0.15) is 12.5 Å². The van der Waals surface area contributed by atoms with E-state index < -0.39 is 0 Å². The van der Waals surface area contributed by atoms with Crippen LogP contribution in [0, 0.1) is 0 Å². The summed E-state index contributed by atoms with van der Waals surface area (Å²) in [5.41, 5.74) is 1.13. The van der Waals surface area contributed by atoms with E-state index in [2.05, 4.69) is 11.9 Å². The minimum atomic E-state index is -0.181. The molecule has 1 aromatic rings. The van der Waals surface area contributed by atoms with Crippen LogP contribution in [0.3, 0.4) is 0 Å². The van der Waals surface area contributed by atoms with E-state index >= 15 is 0 Å². The lowest BCUT2D eigenvalue weighted by molar-refractivity contribution is -0.115. The van der Waals surface area contributed by atoms with Gasteiger partial charge in [-0.05, 0) is 24.6 Å². The Morgan fingerprint density at radius 3 is 2.47 bits per heavy atom. The first-order valence-corrected chi connectivity index (χ1v) is 5.33. The molecule has 0 aliphatic heterocycles. The molecule has 17 heavy (non-hydrogen) atoms. The Hall–Kier alpha value is -1.97. The van der Waals surface area contributed by atoms with Crippen molar-refractivity contribution in [2.45, 2.75) is 6.92 Å². The van der Waals surface area contributed by atoms with Crippen molar-refractivity contribution in [3.05, 3.63) is 30.3 Å². The highest BCUT2D eigenvalue weighted by molar-refractivity contribution is 6.18. The predicted molar refractivity (Wildman–Crippen MR) is 67.3 cm³/mol. The van der Waals surface area contributed by atoms with E-state index in [4.69, 9.17) is 9.47 Å². The van der Waals surface area contributed by atoms with Gasteiger partial charge in [0, 0.05) is 12.1 Å². The average molecular weight is 235 g/mol. The van der Waals surface area contributed by atoms with Gasteiger partial charge >= 0.3 is 0 Å². The van der Waals surface area contributed by atoms with E-state index in [1.165, 1.54) is 0 Å². The summed E-state index contributed by atoms with van der Waals surface area (Å²) >= 11 is 0. The second kappa shape index (κ2) is 5.94. The topological polar surface area (TPSA) is 47.6 Å². The van der Waals surface area contributed by atoms with Gasteiger partial charge in [0.1, 0.15) is 0 Å². The van der Waals surface area contributed by atoms with Gasteiger partial charge in [0.05, 0.1) is 14.2 Å². The molecule has 92 valence electrons. The van der Waals surface area contributed by atoms with E-state index in [0.29, 0.717) is 29.2 Å². The number of rotatable bonds is 5. The number of likely N-dealkylation sites (N-methyl/N-ethyl adjacent to an activating group) is 1. The normalized spacial score (nSPS) is 9.59. The summed E-state index contributed by atoms with van der Waals surface area (Å²) in [6.45, 7) is 6.20. The number of methoxy groups -OCH3 is 2. The first-order valence-electron chi connectivity index (χ1n) is 5.33. The average Bonchev–Trinajstić information content (AvgIpc) is 2.37. The fourth-order valence-corrected chi connectivity index (χ4v) is 1.42. The van der Waals surface area contributed by atoms with Gasteiger partial charge in [-0.15, -0.1) is 0 Å². The molecule has 1 aromatic carbocycles. The quantitative estimate of drug-likeness (QED) is 0.792. The zero-order valence-electron chi connectivity index (χ0n) is 10.4. The van der Waals surface area contributed by atoms with Crippen LogP contribution in [0.15, 0.2) is 24.8 Å². The van der Waals surface area contributed by atoms with Gasteiger partial charge in [0.15, 0.2) is 11.5 Å². The molecule has 0 aromatic heterocycles. The van der Waals surface area contributed by atoms with Crippen molar-refractivity contribution < 1.29 is 14.3 Å². The molecule has 0 bridgehead atoms. The molecule has 4 heteroatoms. The van der Waals surface area contributed by atoms with Crippen molar-refractivity contribution in [2.75, 3.05) is 20.8 Å². The van der Waals surface area contributed by atoms with Crippen molar-refractivity contribution in [2.24, 2.45) is 0 Å². The highest BCUT2D eigenvalue weighted by Gasteiger charge is 2.11. The Kier molecular flexibility index (Phi) is 4.57. The summed E-state index contributed by atoms with van der Waals surface area (Å²) in [5.74, 6) is 1.02. The highest BCUT2D eigenvalue weighted by atomic mass is 16.5. The highest BCUT2D eigenvalue weighted by Crippen LogP contribution is 2.29. The summed E-state index contributed by atoms with van der Waals surface area (Å²) in [6, 6.07) is 5.26. The molecule has 1 rings (SSSR count). The minimum absolute atomic E-state index is 0.181. The maximum absolute atomic E-state index is 11.6. The SMILES string of the molecule is C=C(C(=O)NCC)c1ccc(OC)c(OC)c1. The van der Waals surface area contributed by atoms with Crippen molar-refractivity contribution >= 4 is 11.5 Å². The molecule has 0 spiro atoms. The Labute approximate surface area is 101 Å². The number of nitrogens with one attached hydrogen (secondary N) is 1. The Morgan fingerprint density at radius 1 is 1.29 bits per heavy atom. The number of amides is 1. The number of carbonyl (C=O) groups is 1. The van der Waals surface area contributed by atoms with Crippen LogP contribution in [0.2, 0.25) is 0 Å². The number of benzene rings is 1. The molecule has 0 saturated carbocycles. The third-order valence-corrected chi connectivity index (χ3v) is 2.34. The third kappa shape index (κ3) is 3.00. The van der Waals surface area contributed by atoms with Crippen LogP contribution in [-0.2, 0) is 4.79 Å². The van der Waals surface area contributed by atoms with Gasteiger partial charge < -0.3 is 14.8 Å². The van der Waals surface area contributed by atoms with Crippen LogP contribution in [-0.4, -0.2) is 26.7 Å². The molecule has 0 fully saturated rings. The van der Waals surface area contributed by atoms with E-state index in [0.717, 1.165) is 0 Å². The van der Waals surface area contributed by atoms with Crippen molar-refractivity contribution in [3.8, 4) is 11.5 Å². The second-order valence-electron chi connectivity index (χ2n) is 3.41. The zero-order chi connectivity index (χ0) is 12.8. The zero-order valence-corrected chi connectivity index (χ0v) is 10.4. The van der Waals surface area contributed by atoms with E-state index in [1.807, 2.05) is 6.92 Å². The molecular formula is C13H17NO3. The second-order valence-corrected chi connectivity index (χ2v) is 3.41. The van der Waals surface area contributed by atoms with Crippen molar-refractivity contribution in [1.82, 2.24) is 5.32 Å². The largest absolute Gasteiger partial charge is 0.493 e. The van der Waals surface area contributed by atoms with Crippen LogP contribution in [0.4, 0.5) is 0 Å². The molecule has 0 saturated heterocycles. The smallest absolute Gasteiger partial charge is 0.251 e. The molecule has 4 nitrogen and oxygen atoms in total. The molecule has 0 unspecified atom stereocenters. The van der Waals surface area contributed by atoms with Crippen LogP contribution < -0.4 is 14.8 Å². The van der Waals surface area contributed by atoms with Gasteiger partial charge in [-0.3, -0.25) is 4.79 Å². The number of carbonyl (C=O) groups excluding carboxylic acids is 1. The van der Waals surface area contributed by atoms with Gasteiger partial charge in [0.2, 0.25) is 0 Å². The predicted octanol–water partition coefficient (Wildman–Crippen LogP) is 1.85. The first kappa shape index (κ1) is 13.1. The van der Waals surface area contributed by atoms with Gasteiger partial charge in [-0.25, -0.2) is 0 Å². The lowest BCUT2D eigenvalue weighted by Crippen LogP contribution is -2.23. The van der Waals surface area contributed by atoms with Gasteiger partial charge in [-0.2, -0.15) is 0 Å². The van der Waals surface area contributed by atoms with E-state index in [-0.39, 0.29) is 5.91 Å². The molecule has 1 amide bonds. The first-order chi connectivity index (χ1) is 8.13. The maximum Gasteiger partial charge on any atom is 0.251 e. The Balaban J connectivity index is 2.99. The molecule has 0 radical (unpaired) electrons. The number of hydrogen-bond acceptors (Lipinski definition) is 3. The number of hydrogen-bond donors (Lipinski definition) is 1. The Morgan fingerprint density at radius 2 is 1.94 bits per heavy atom. The fourth-order valence-electron chi connectivity index (χ4n) is 1.42. The molecule has 0 heterocycles. The minimum Gasteiger partial charge on any atom is -0.493 e. The summed E-state index contributed by atoms with van der Waals surface area (Å²) in [4.78, 5) is 11.6. The monoisotopic (exact) mass is 235 g/mol. The van der Waals surface area contributed by atoms with E-state index in [9.17, 15) is 4.79 Å². The van der Waals surface area contributed by atoms with Crippen molar-refractivity contribution in [1.29, 1.82) is 0 Å². The van der Waals surface area contributed by atoms with Gasteiger partial charge in [0.25, 0.3) is 5.91 Å². The molecule has 0 aliphatic rings. The molecule has 1 N–H and O–H groups in total.